The molecule has 0 spiro atoms. The smallest absolute Gasteiger partial charge is 0.263 e. The van der Waals surface area contributed by atoms with Crippen molar-refractivity contribution in [1.82, 2.24) is 9.88 Å². The van der Waals surface area contributed by atoms with E-state index in [-0.39, 0.29) is 11.6 Å². The molecular weight excluding hydrogens is 280 g/mol. The van der Waals surface area contributed by atoms with Crippen LogP contribution in [0.2, 0.25) is 0 Å². The molecule has 1 amide bonds. The number of pyridine rings is 1. The van der Waals surface area contributed by atoms with Gasteiger partial charge in [0.2, 0.25) is 0 Å². The number of nitrogens with one attached hydrogen (secondary N) is 1. The lowest BCUT2D eigenvalue weighted by molar-refractivity contribution is 0.0961. The molecule has 0 aliphatic rings. The summed E-state index contributed by atoms with van der Waals surface area (Å²) in [6, 6.07) is 8.74. The minimum atomic E-state index is -0.501. The molecular formula is C17H18N2O3. The predicted molar refractivity (Wildman–Crippen MR) is 84.5 cm³/mol. The van der Waals surface area contributed by atoms with Crippen molar-refractivity contribution < 1.29 is 9.59 Å². The monoisotopic (exact) mass is 298 g/mol. The SMILES string of the molecule is CNC(=O)c1cc(C=O)cn(C(C)c2ccccc2C)c1=O. The van der Waals surface area contributed by atoms with E-state index in [1.54, 1.807) is 0 Å². The molecule has 1 heterocycles. The van der Waals surface area contributed by atoms with Crippen LogP contribution in [0.25, 0.3) is 0 Å². The van der Waals surface area contributed by atoms with Crippen LogP contribution in [0.1, 0.15) is 44.8 Å². The van der Waals surface area contributed by atoms with Crippen molar-refractivity contribution in [2.75, 3.05) is 7.05 Å². The van der Waals surface area contributed by atoms with Gasteiger partial charge in [0.1, 0.15) is 5.56 Å². The maximum atomic E-state index is 12.5. The van der Waals surface area contributed by atoms with Gasteiger partial charge in [0, 0.05) is 18.8 Å². The first-order valence-electron chi connectivity index (χ1n) is 6.98. The van der Waals surface area contributed by atoms with Gasteiger partial charge < -0.3 is 9.88 Å². The molecule has 1 aromatic carbocycles. The van der Waals surface area contributed by atoms with Gasteiger partial charge in [0.15, 0.2) is 6.29 Å². The fourth-order valence-corrected chi connectivity index (χ4v) is 2.48. The maximum absolute atomic E-state index is 12.5. The van der Waals surface area contributed by atoms with E-state index in [9.17, 15) is 14.4 Å². The average Bonchev–Trinajstić information content (AvgIpc) is 2.54. The van der Waals surface area contributed by atoms with E-state index < -0.39 is 11.5 Å². The standard InChI is InChI=1S/C17H18N2O3/c1-11-6-4-5-7-14(11)12(2)19-9-13(10-20)8-15(17(19)22)16(21)18-3/h4-10,12H,1-3H3,(H,18,21). The summed E-state index contributed by atoms with van der Waals surface area (Å²) in [7, 11) is 1.45. The Labute approximate surface area is 128 Å². The highest BCUT2D eigenvalue weighted by atomic mass is 16.2. The lowest BCUT2D eigenvalue weighted by atomic mass is 10.0. The van der Waals surface area contributed by atoms with E-state index >= 15 is 0 Å². The first-order chi connectivity index (χ1) is 10.5. The first kappa shape index (κ1) is 15.7. The van der Waals surface area contributed by atoms with E-state index in [2.05, 4.69) is 5.32 Å². The van der Waals surface area contributed by atoms with E-state index in [1.807, 2.05) is 38.1 Å². The number of aryl methyl sites for hydroxylation is 1. The molecule has 0 saturated carbocycles. The van der Waals surface area contributed by atoms with Crippen LogP contribution in [0.3, 0.4) is 0 Å². The summed E-state index contributed by atoms with van der Waals surface area (Å²) in [5.74, 6) is -0.501. The second kappa shape index (κ2) is 6.39. The third kappa shape index (κ3) is 2.83. The van der Waals surface area contributed by atoms with Crippen molar-refractivity contribution >= 4 is 12.2 Å². The average molecular weight is 298 g/mol. The topological polar surface area (TPSA) is 68.2 Å². The summed E-state index contributed by atoms with van der Waals surface area (Å²) in [5.41, 5.74) is 1.85. The van der Waals surface area contributed by atoms with Gasteiger partial charge in [-0.3, -0.25) is 14.4 Å². The van der Waals surface area contributed by atoms with Crippen LogP contribution in [0, 0.1) is 6.92 Å². The summed E-state index contributed by atoms with van der Waals surface area (Å²) in [4.78, 5) is 35.5. The Kier molecular flexibility index (Phi) is 4.56. The fourth-order valence-electron chi connectivity index (χ4n) is 2.48. The Morgan fingerprint density at radius 3 is 2.59 bits per heavy atom. The van der Waals surface area contributed by atoms with Gasteiger partial charge in [0.05, 0.1) is 6.04 Å². The Bertz CT molecular complexity index is 778. The van der Waals surface area contributed by atoms with Gasteiger partial charge >= 0.3 is 0 Å². The minimum absolute atomic E-state index is 0.0347. The number of aromatic nitrogens is 1. The molecule has 2 aromatic rings. The zero-order valence-electron chi connectivity index (χ0n) is 12.8. The minimum Gasteiger partial charge on any atom is -0.355 e. The van der Waals surface area contributed by atoms with Crippen molar-refractivity contribution in [2.24, 2.45) is 0 Å². The predicted octanol–water partition coefficient (Wildman–Crippen LogP) is 1.94. The van der Waals surface area contributed by atoms with E-state index in [0.29, 0.717) is 11.8 Å². The number of carbonyl (C=O) groups is 2. The second-order valence-electron chi connectivity index (χ2n) is 5.13. The normalized spacial score (nSPS) is 11.8. The maximum Gasteiger partial charge on any atom is 0.263 e. The molecule has 1 unspecified atom stereocenters. The molecule has 0 bridgehead atoms. The van der Waals surface area contributed by atoms with Gasteiger partial charge in [-0.25, -0.2) is 0 Å². The van der Waals surface area contributed by atoms with Gasteiger partial charge in [-0.15, -0.1) is 0 Å². The van der Waals surface area contributed by atoms with Crippen molar-refractivity contribution in [3.05, 3.63) is 69.1 Å². The number of carbonyl (C=O) groups excluding carboxylic acids is 2. The Hall–Kier alpha value is -2.69. The van der Waals surface area contributed by atoms with Crippen molar-refractivity contribution in [3.8, 4) is 0 Å². The number of amides is 1. The highest BCUT2D eigenvalue weighted by molar-refractivity contribution is 5.95. The quantitative estimate of drug-likeness (QED) is 0.877. The van der Waals surface area contributed by atoms with Crippen LogP contribution in [0.4, 0.5) is 0 Å². The van der Waals surface area contributed by atoms with Gasteiger partial charge in [-0.05, 0) is 31.0 Å². The number of aldehydes is 1. The summed E-state index contributed by atoms with van der Waals surface area (Å²) < 4.78 is 1.43. The Morgan fingerprint density at radius 2 is 2.00 bits per heavy atom. The van der Waals surface area contributed by atoms with Gasteiger partial charge in [-0.2, -0.15) is 0 Å². The molecule has 5 nitrogen and oxygen atoms in total. The third-order valence-corrected chi connectivity index (χ3v) is 3.73. The van der Waals surface area contributed by atoms with Crippen LogP contribution in [0.15, 0.2) is 41.3 Å². The number of hydrogen-bond donors (Lipinski definition) is 1. The molecule has 2 rings (SSSR count). The third-order valence-electron chi connectivity index (χ3n) is 3.73. The fraction of sp³-hybridized carbons (Fsp3) is 0.235. The van der Waals surface area contributed by atoms with Gasteiger partial charge in [-0.1, -0.05) is 24.3 Å². The second-order valence-corrected chi connectivity index (χ2v) is 5.13. The van der Waals surface area contributed by atoms with E-state index in [0.717, 1.165) is 11.1 Å². The summed E-state index contributed by atoms with van der Waals surface area (Å²) >= 11 is 0. The van der Waals surface area contributed by atoms with Crippen molar-refractivity contribution in [3.63, 3.8) is 0 Å². The molecule has 5 heteroatoms. The highest BCUT2D eigenvalue weighted by Crippen LogP contribution is 2.20. The number of benzene rings is 1. The summed E-state index contributed by atoms with van der Waals surface area (Å²) in [6.45, 7) is 3.83. The first-order valence-corrected chi connectivity index (χ1v) is 6.98. The number of hydrogen-bond acceptors (Lipinski definition) is 3. The van der Waals surface area contributed by atoms with Crippen LogP contribution < -0.4 is 10.9 Å². The van der Waals surface area contributed by atoms with Crippen LogP contribution in [0.5, 0.6) is 0 Å². The van der Waals surface area contributed by atoms with Crippen molar-refractivity contribution in [2.45, 2.75) is 19.9 Å². The van der Waals surface area contributed by atoms with Crippen molar-refractivity contribution in [1.29, 1.82) is 0 Å². The zero-order valence-corrected chi connectivity index (χ0v) is 12.8. The van der Waals surface area contributed by atoms with E-state index in [1.165, 1.54) is 23.9 Å². The Balaban J connectivity index is 2.64. The molecule has 0 fully saturated rings. The van der Waals surface area contributed by atoms with Crippen LogP contribution >= 0.6 is 0 Å². The molecule has 1 aromatic heterocycles. The van der Waals surface area contributed by atoms with Gasteiger partial charge in [0.25, 0.3) is 11.5 Å². The molecule has 1 atom stereocenters. The summed E-state index contributed by atoms with van der Waals surface area (Å²) in [5, 5.41) is 2.42. The molecule has 0 radical (unpaired) electrons. The van der Waals surface area contributed by atoms with E-state index in [4.69, 9.17) is 0 Å². The largest absolute Gasteiger partial charge is 0.355 e. The molecule has 1 N–H and O–H groups in total. The molecule has 0 saturated heterocycles. The lowest BCUT2D eigenvalue weighted by Crippen LogP contribution is -2.33. The molecule has 22 heavy (non-hydrogen) atoms. The molecule has 0 aliphatic carbocycles. The zero-order chi connectivity index (χ0) is 16.3. The lowest BCUT2D eigenvalue weighted by Gasteiger charge is -2.19. The molecule has 114 valence electrons. The van der Waals surface area contributed by atoms with Crippen LogP contribution in [-0.4, -0.2) is 23.8 Å². The Morgan fingerprint density at radius 1 is 1.32 bits per heavy atom. The molecule has 0 aliphatic heterocycles. The number of nitrogens with zero attached hydrogens (tertiary/aromatic N) is 1. The number of rotatable bonds is 4. The van der Waals surface area contributed by atoms with Crippen LogP contribution in [-0.2, 0) is 0 Å². The summed E-state index contributed by atoms with van der Waals surface area (Å²) in [6.07, 6.45) is 2.12. The highest BCUT2D eigenvalue weighted by Gasteiger charge is 2.18.